The van der Waals surface area contributed by atoms with Crippen molar-refractivity contribution < 1.29 is 18.6 Å². The Morgan fingerprint density at radius 3 is 2.77 bits per heavy atom. The topological polar surface area (TPSA) is 65.1 Å². The van der Waals surface area contributed by atoms with Crippen LogP contribution in [0.1, 0.15) is 18.4 Å². The lowest BCUT2D eigenvalue weighted by atomic mass is 10.0. The van der Waals surface area contributed by atoms with E-state index in [-0.39, 0.29) is 11.7 Å². The van der Waals surface area contributed by atoms with Crippen molar-refractivity contribution in [3.05, 3.63) is 35.6 Å². The van der Waals surface area contributed by atoms with Gasteiger partial charge in [0.05, 0.1) is 14.1 Å². The summed E-state index contributed by atoms with van der Waals surface area (Å²) in [5.74, 6) is 0.626. The van der Waals surface area contributed by atoms with E-state index in [0.29, 0.717) is 28.4 Å². The molecule has 1 saturated carbocycles. The van der Waals surface area contributed by atoms with E-state index < -0.39 is 11.9 Å². The van der Waals surface area contributed by atoms with Gasteiger partial charge in [-0.05, 0) is 30.5 Å². The van der Waals surface area contributed by atoms with Gasteiger partial charge in [0.2, 0.25) is 5.84 Å². The van der Waals surface area contributed by atoms with Crippen LogP contribution in [0.25, 0.3) is 0 Å². The number of fused-ring (bicyclic) bond motifs is 1. The Kier molecular flexibility index (Phi) is 4.22. The lowest BCUT2D eigenvalue weighted by molar-refractivity contribution is -0.407. The molecule has 1 aliphatic carbocycles. The summed E-state index contributed by atoms with van der Waals surface area (Å²) in [5, 5.41) is 0.623. The van der Waals surface area contributed by atoms with Crippen molar-refractivity contribution in [2.24, 2.45) is 21.8 Å². The number of thioether (sulfide) groups is 1. The van der Waals surface area contributed by atoms with Crippen molar-refractivity contribution in [2.75, 3.05) is 14.1 Å². The van der Waals surface area contributed by atoms with Gasteiger partial charge in [-0.25, -0.2) is 14.2 Å². The molecule has 1 aromatic carbocycles. The molecule has 0 bridgehead atoms. The third kappa shape index (κ3) is 2.98. The van der Waals surface area contributed by atoms with Gasteiger partial charge in [0, 0.05) is 11.7 Å². The van der Waals surface area contributed by atoms with Crippen molar-refractivity contribution in [3.8, 4) is 0 Å². The van der Waals surface area contributed by atoms with Crippen molar-refractivity contribution in [1.29, 1.82) is 0 Å². The SMILES string of the molecule is CN1C(=O)C2C(SCc3cccc(F)c3)=NC(C3CC3)=NC2=[N+](C)C1=O. The predicted molar refractivity (Wildman–Crippen MR) is 98.1 cm³/mol. The molecule has 3 amide bonds. The van der Waals surface area contributed by atoms with Crippen molar-refractivity contribution in [2.45, 2.75) is 18.6 Å². The second kappa shape index (κ2) is 6.42. The molecular weight excluding hydrogens is 355 g/mol. The fraction of sp³-hybridized carbons (Fsp3) is 0.389. The second-order valence-electron chi connectivity index (χ2n) is 6.64. The number of rotatable bonds is 3. The van der Waals surface area contributed by atoms with E-state index in [1.54, 1.807) is 13.1 Å². The Morgan fingerprint density at radius 2 is 2.08 bits per heavy atom. The number of amides is 3. The summed E-state index contributed by atoms with van der Waals surface area (Å²) in [4.78, 5) is 35.2. The maximum Gasteiger partial charge on any atom is 0.445 e. The van der Waals surface area contributed by atoms with Crippen LogP contribution in [0, 0.1) is 17.7 Å². The van der Waals surface area contributed by atoms with E-state index in [9.17, 15) is 14.0 Å². The molecule has 2 heterocycles. The highest BCUT2D eigenvalue weighted by atomic mass is 32.2. The lowest BCUT2D eigenvalue weighted by Crippen LogP contribution is -2.54. The number of hydrogen-bond acceptors (Lipinski definition) is 5. The van der Waals surface area contributed by atoms with E-state index in [0.717, 1.165) is 23.3 Å². The highest BCUT2D eigenvalue weighted by Crippen LogP contribution is 2.35. The van der Waals surface area contributed by atoms with Crippen molar-refractivity contribution >= 4 is 40.4 Å². The van der Waals surface area contributed by atoms with E-state index >= 15 is 0 Å². The summed E-state index contributed by atoms with van der Waals surface area (Å²) in [6.45, 7) is 0. The number of nitrogens with zero attached hydrogens (tertiary/aromatic N) is 4. The van der Waals surface area contributed by atoms with Gasteiger partial charge in [-0.2, -0.15) is 9.48 Å². The molecule has 0 spiro atoms. The Morgan fingerprint density at radius 1 is 1.31 bits per heavy atom. The fourth-order valence-corrected chi connectivity index (χ4v) is 4.04. The highest BCUT2D eigenvalue weighted by molar-refractivity contribution is 8.13. The summed E-state index contributed by atoms with van der Waals surface area (Å²) in [7, 11) is 3.09. The lowest BCUT2D eigenvalue weighted by Gasteiger charge is -2.26. The quantitative estimate of drug-likeness (QED) is 0.765. The van der Waals surface area contributed by atoms with Crippen LogP contribution in [0.3, 0.4) is 0 Å². The minimum absolute atomic E-state index is 0.292. The number of imide groups is 1. The normalized spacial score (nSPS) is 23.0. The monoisotopic (exact) mass is 373 g/mol. The molecule has 3 aliphatic rings. The summed E-state index contributed by atoms with van der Waals surface area (Å²) in [5.41, 5.74) is 0.816. The van der Waals surface area contributed by atoms with Crippen LogP contribution in [0.5, 0.6) is 0 Å². The minimum atomic E-state index is -0.677. The van der Waals surface area contributed by atoms with Gasteiger partial charge in [-0.3, -0.25) is 4.79 Å². The number of urea groups is 1. The average molecular weight is 373 g/mol. The van der Waals surface area contributed by atoms with Gasteiger partial charge in [-0.1, -0.05) is 17.1 Å². The zero-order valence-corrected chi connectivity index (χ0v) is 15.3. The average Bonchev–Trinajstić information content (AvgIpc) is 3.47. The number of carbonyl (C=O) groups excluding carboxylic acids is 2. The third-order valence-electron chi connectivity index (χ3n) is 4.67. The summed E-state index contributed by atoms with van der Waals surface area (Å²) >= 11 is 1.40. The van der Waals surface area contributed by atoms with Crippen LogP contribution in [-0.4, -0.2) is 52.2 Å². The number of amidine groups is 2. The third-order valence-corrected chi connectivity index (χ3v) is 5.77. The maximum atomic E-state index is 13.4. The van der Waals surface area contributed by atoms with E-state index in [1.807, 2.05) is 6.07 Å². The molecule has 8 heteroatoms. The van der Waals surface area contributed by atoms with Crippen LogP contribution in [0.2, 0.25) is 0 Å². The molecule has 1 atom stereocenters. The molecule has 0 radical (unpaired) electrons. The van der Waals surface area contributed by atoms with E-state index in [2.05, 4.69) is 9.98 Å². The first kappa shape index (κ1) is 17.1. The Bertz CT molecular complexity index is 904. The van der Waals surface area contributed by atoms with E-state index in [1.165, 1.54) is 35.5 Å². The van der Waals surface area contributed by atoms with Crippen molar-refractivity contribution in [3.63, 3.8) is 0 Å². The summed E-state index contributed by atoms with van der Waals surface area (Å²) in [6, 6.07) is 5.98. The van der Waals surface area contributed by atoms with Gasteiger partial charge >= 0.3 is 11.9 Å². The van der Waals surface area contributed by atoms with Crippen LogP contribution in [0.4, 0.5) is 9.18 Å². The zero-order chi connectivity index (χ0) is 18.4. The first-order chi connectivity index (χ1) is 12.5. The molecular formula is C18H18FN4O2S+. The van der Waals surface area contributed by atoms with Crippen LogP contribution in [-0.2, 0) is 10.5 Å². The first-order valence-electron chi connectivity index (χ1n) is 8.42. The number of halogens is 1. The largest absolute Gasteiger partial charge is 0.445 e. The zero-order valence-electron chi connectivity index (χ0n) is 14.5. The van der Waals surface area contributed by atoms with E-state index in [4.69, 9.17) is 0 Å². The van der Waals surface area contributed by atoms with Gasteiger partial charge < -0.3 is 0 Å². The molecule has 2 aliphatic heterocycles. The van der Waals surface area contributed by atoms with Crippen LogP contribution >= 0.6 is 11.8 Å². The molecule has 0 aromatic heterocycles. The van der Waals surface area contributed by atoms with Gasteiger partial charge in [0.15, 0.2) is 5.92 Å². The number of aliphatic imine (C=N–C) groups is 2. The molecule has 134 valence electrons. The standard InChI is InChI=1S/C18H18FN4O2S/c1-22-15-13(17(24)23(2)18(22)25)16(21-14(20-15)11-6-7-11)26-9-10-4-3-5-12(19)8-10/h3-5,8,11,13H,6-7,9H2,1-2H3/q+1. The minimum Gasteiger partial charge on any atom is -0.255 e. The Hall–Kier alpha value is -2.35. The number of benzene rings is 1. The molecule has 1 fully saturated rings. The summed E-state index contributed by atoms with van der Waals surface area (Å²) < 4.78 is 14.8. The highest BCUT2D eigenvalue weighted by Gasteiger charge is 2.50. The molecule has 0 N–H and O–H groups in total. The van der Waals surface area contributed by atoms with Gasteiger partial charge in [0.25, 0.3) is 5.84 Å². The smallest absolute Gasteiger partial charge is 0.255 e. The fourth-order valence-electron chi connectivity index (χ4n) is 3.01. The number of carbonyl (C=O) groups is 2. The molecule has 1 aromatic rings. The van der Waals surface area contributed by atoms with Crippen LogP contribution in [0.15, 0.2) is 34.3 Å². The molecule has 6 nitrogen and oxygen atoms in total. The second-order valence-corrected chi connectivity index (χ2v) is 7.64. The molecule has 26 heavy (non-hydrogen) atoms. The van der Waals surface area contributed by atoms with Gasteiger partial charge in [-0.15, -0.1) is 11.8 Å². The Balaban J connectivity index is 1.68. The first-order valence-corrected chi connectivity index (χ1v) is 9.41. The van der Waals surface area contributed by atoms with Gasteiger partial charge in [0.1, 0.15) is 10.9 Å². The number of hydrogen-bond donors (Lipinski definition) is 0. The molecule has 0 saturated heterocycles. The van der Waals surface area contributed by atoms with Crippen LogP contribution < -0.4 is 0 Å². The summed E-state index contributed by atoms with van der Waals surface area (Å²) in [6.07, 6.45) is 2.04. The maximum absolute atomic E-state index is 13.4. The van der Waals surface area contributed by atoms with Crippen molar-refractivity contribution in [1.82, 2.24) is 4.90 Å². The Labute approximate surface area is 154 Å². The predicted octanol–water partition coefficient (Wildman–Crippen LogP) is 2.53. The molecule has 1 unspecified atom stereocenters. The molecule has 4 rings (SSSR count).